The van der Waals surface area contributed by atoms with Crippen LogP contribution in [0.1, 0.15) is 30.4 Å². The highest BCUT2D eigenvalue weighted by molar-refractivity contribution is 14.0. The van der Waals surface area contributed by atoms with Crippen molar-refractivity contribution in [1.82, 2.24) is 10.6 Å². The van der Waals surface area contributed by atoms with Gasteiger partial charge in [-0.2, -0.15) is 0 Å². The van der Waals surface area contributed by atoms with E-state index in [2.05, 4.69) is 35.1 Å². The number of halogens is 1. The molecule has 0 aromatic carbocycles. The Labute approximate surface area is 176 Å². The molecule has 1 saturated heterocycles. The average Bonchev–Trinajstić information content (AvgIpc) is 3.35. The molecule has 0 aliphatic carbocycles. The van der Waals surface area contributed by atoms with Gasteiger partial charge in [0.1, 0.15) is 5.76 Å². The summed E-state index contributed by atoms with van der Waals surface area (Å²) >= 11 is 1.79. The van der Waals surface area contributed by atoms with Gasteiger partial charge in [0.2, 0.25) is 0 Å². The van der Waals surface area contributed by atoms with Gasteiger partial charge in [0.05, 0.1) is 18.4 Å². The number of rotatable bonds is 8. The Hall–Kier alpha value is -1.06. The van der Waals surface area contributed by atoms with Crippen LogP contribution in [0.3, 0.4) is 0 Å². The van der Waals surface area contributed by atoms with E-state index < -0.39 is 0 Å². The molecule has 3 heterocycles. The summed E-state index contributed by atoms with van der Waals surface area (Å²) in [6.07, 6.45) is 5.75. The molecule has 2 aromatic rings. The molecule has 2 aromatic heterocycles. The Balaban J connectivity index is 0.00000243. The van der Waals surface area contributed by atoms with Crippen LogP contribution in [-0.4, -0.2) is 37.8 Å². The van der Waals surface area contributed by atoms with Crippen LogP contribution < -0.4 is 10.6 Å². The zero-order valence-electron chi connectivity index (χ0n) is 15.2. The normalized spacial score (nSPS) is 20.0. The minimum Gasteiger partial charge on any atom is -0.469 e. The standard InChI is InChI=1S/C19H27N3O2S.HI/c1-19(9-4-13-24-19)15-22-18(20-10-7-16-5-2-12-23-16)21-11-8-17-6-3-14-25-17;/h2-3,5-6,12,14H,4,7-11,13,15H2,1H3,(H2,20,21,22);1H. The monoisotopic (exact) mass is 489 g/mol. The van der Waals surface area contributed by atoms with Crippen molar-refractivity contribution in [1.29, 1.82) is 0 Å². The maximum atomic E-state index is 5.84. The third-order valence-electron chi connectivity index (χ3n) is 4.36. The van der Waals surface area contributed by atoms with Crippen LogP contribution in [0.2, 0.25) is 0 Å². The predicted molar refractivity (Wildman–Crippen MR) is 118 cm³/mol. The van der Waals surface area contributed by atoms with Gasteiger partial charge in [-0.1, -0.05) is 6.07 Å². The molecule has 0 spiro atoms. The van der Waals surface area contributed by atoms with Crippen molar-refractivity contribution in [3.05, 3.63) is 46.5 Å². The second-order valence-electron chi connectivity index (χ2n) is 6.58. The number of nitrogens with one attached hydrogen (secondary N) is 2. The van der Waals surface area contributed by atoms with Crippen LogP contribution in [0.25, 0.3) is 0 Å². The van der Waals surface area contributed by atoms with Crippen LogP contribution in [0.5, 0.6) is 0 Å². The molecule has 1 atom stereocenters. The molecule has 0 saturated carbocycles. The zero-order valence-corrected chi connectivity index (χ0v) is 18.3. The second-order valence-corrected chi connectivity index (χ2v) is 7.61. The number of furan rings is 1. The van der Waals surface area contributed by atoms with Gasteiger partial charge in [-0.3, -0.25) is 4.99 Å². The highest BCUT2D eigenvalue weighted by Gasteiger charge is 2.29. The number of nitrogens with zero attached hydrogens (tertiary/aromatic N) is 1. The van der Waals surface area contributed by atoms with E-state index in [0.29, 0.717) is 6.54 Å². The predicted octanol–water partition coefficient (Wildman–Crippen LogP) is 3.85. The fourth-order valence-electron chi connectivity index (χ4n) is 2.90. The molecule has 1 aliphatic heterocycles. The third kappa shape index (κ3) is 6.92. The molecule has 1 aliphatic rings. The van der Waals surface area contributed by atoms with E-state index in [1.54, 1.807) is 17.6 Å². The largest absolute Gasteiger partial charge is 0.469 e. The molecule has 1 fully saturated rings. The smallest absolute Gasteiger partial charge is 0.191 e. The Bertz CT molecular complexity index is 596. The van der Waals surface area contributed by atoms with Gasteiger partial charge in [0.15, 0.2) is 5.96 Å². The van der Waals surface area contributed by atoms with Crippen molar-refractivity contribution < 1.29 is 9.15 Å². The summed E-state index contributed by atoms with van der Waals surface area (Å²) in [6, 6.07) is 8.17. The maximum Gasteiger partial charge on any atom is 0.191 e. The van der Waals surface area contributed by atoms with E-state index in [9.17, 15) is 0 Å². The van der Waals surface area contributed by atoms with Gasteiger partial charge in [0.25, 0.3) is 0 Å². The van der Waals surface area contributed by atoms with Crippen molar-refractivity contribution in [2.75, 3.05) is 26.2 Å². The summed E-state index contributed by atoms with van der Waals surface area (Å²) in [6.45, 7) is 5.33. The maximum absolute atomic E-state index is 5.84. The molecule has 5 nitrogen and oxygen atoms in total. The van der Waals surface area contributed by atoms with Gasteiger partial charge in [-0.05, 0) is 49.8 Å². The lowest BCUT2D eigenvalue weighted by molar-refractivity contribution is 0.0283. The summed E-state index contributed by atoms with van der Waals surface area (Å²) < 4.78 is 11.2. The Morgan fingerprint density at radius 1 is 1.23 bits per heavy atom. The zero-order chi connectivity index (χ0) is 17.4. The molecule has 2 N–H and O–H groups in total. The SMILES string of the molecule is CC1(CN=C(NCCc2ccco2)NCCc2cccs2)CCCO1.I. The van der Waals surface area contributed by atoms with Gasteiger partial charge in [-0.15, -0.1) is 35.3 Å². The van der Waals surface area contributed by atoms with E-state index in [1.165, 1.54) is 4.88 Å². The quantitative estimate of drug-likeness (QED) is 0.336. The van der Waals surface area contributed by atoms with E-state index >= 15 is 0 Å². The first kappa shape index (κ1) is 21.2. The molecule has 7 heteroatoms. The van der Waals surface area contributed by atoms with E-state index in [-0.39, 0.29) is 29.6 Å². The first-order valence-electron chi connectivity index (χ1n) is 8.94. The number of aliphatic imine (C=N–C) groups is 1. The molecular weight excluding hydrogens is 461 g/mol. The summed E-state index contributed by atoms with van der Waals surface area (Å²) in [5, 5.41) is 8.96. The minimum atomic E-state index is -0.122. The van der Waals surface area contributed by atoms with Crippen molar-refractivity contribution in [3.63, 3.8) is 0 Å². The Kier molecular flexibility index (Phi) is 8.94. The Morgan fingerprint density at radius 2 is 2.08 bits per heavy atom. The van der Waals surface area contributed by atoms with Crippen molar-refractivity contribution in [2.45, 2.75) is 38.2 Å². The fourth-order valence-corrected chi connectivity index (χ4v) is 3.61. The topological polar surface area (TPSA) is 58.8 Å². The van der Waals surface area contributed by atoms with Crippen LogP contribution in [-0.2, 0) is 17.6 Å². The summed E-state index contributed by atoms with van der Waals surface area (Å²) in [5.41, 5.74) is -0.122. The van der Waals surface area contributed by atoms with E-state index in [1.807, 2.05) is 12.1 Å². The Morgan fingerprint density at radius 3 is 2.73 bits per heavy atom. The molecular formula is C19H28IN3O2S. The molecule has 1 unspecified atom stereocenters. The average molecular weight is 489 g/mol. The van der Waals surface area contributed by atoms with Crippen LogP contribution in [0, 0.1) is 0 Å². The van der Waals surface area contributed by atoms with Gasteiger partial charge in [0, 0.05) is 31.0 Å². The minimum absolute atomic E-state index is 0. The van der Waals surface area contributed by atoms with E-state index in [4.69, 9.17) is 14.1 Å². The number of guanidine groups is 1. The molecule has 3 rings (SSSR count). The van der Waals surface area contributed by atoms with Crippen molar-refractivity contribution >= 4 is 41.3 Å². The number of hydrogen-bond acceptors (Lipinski definition) is 4. The van der Waals surface area contributed by atoms with Crippen LogP contribution in [0.4, 0.5) is 0 Å². The number of ether oxygens (including phenoxy) is 1. The van der Waals surface area contributed by atoms with Crippen molar-refractivity contribution in [2.24, 2.45) is 4.99 Å². The van der Waals surface area contributed by atoms with Gasteiger partial charge < -0.3 is 19.8 Å². The lowest BCUT2D eigenvalue weighted by Gasteiger charge is -2.21. The van der Waals surface area contributed by atoms with Crippen LogP contribution in [0.15, 0.2) is 45.3 Å². The molecule has 0 amide bonds. The first-order chi connectivity index (χ1) is 12.2. The second kappa shape index (κ2) is 10.9. The molecule has 0 radical (unpaired) electrons. The fraction of sp³-hybridized carbons (Fsp3) is 0.526. The van der Waals surface area contributed by atoms with E-state index in [0.717, 1.165) is 57.1 Å². The molecule has 26 heavy (non-hydrogen) atoms. The summed E-state index contributed by atoms with van der Waals surface area (Å²) in [7, 11) is 0. The van der Waals surface area contributed by atoms with Crippen molar-refractivity contribution in [3.8, 4) is 0 Å². The summed E-state index contributed by atoms with van der Waals surface area (Å²) in [4.78, 5) is 6.14. The van der Waals surface area contributed by atoms with Crippen LogP contribution >= 0.6 is 35.3 Å². The summed E-state index contributed by atoms with van der Waals surface area (Å²) in [5.74, 6) is 1.83. The highest BCUT2D eigenvalue weighted by atomic mass is 127. The third-order valence-corrected chi connectivity index (χ3v) is 5.30. The lowest BCUT2D eigenvalue weighted by Crippen LogP contribution is -2.41. The van der Waals surface area contributed by atoms with Gasteiger partial charge >= 0.3 is 0 Å². The first-order valence-corrected chi connectivity index (χ1v) is 9.82. The number of thiophene rings is 1. The lowest BCUT2D eigenvalue weighted by atomic mass is 10.0. The highest BCUT2D eigenvalue weighted by Crippen LogP contribution is 2.25. The van der Waals surface area contributed by atoms with Gasteiger partial charge in [-0.25, -0.2) is 0 Å². The molecule has 0 bridgehead atoms. The number of hydrogen-bond donors (Lipinski definition) is 2. The molecule has 144 valence electrons.